The highest BCUT2D eigenvalue weighted by Crippen LogP contribution is 2.15. The zero-order chi connectivity index (χ0) is 16.9. The molecule has 0 saturated carbocycles. The topological polar surface area (TPSA) is 81.4 Å². The van der Waals surface area contributed by atoms with Gasteiger partial charge in [-0.3, -0.25) is 4.98 Å². The number of fused-ring (bicyclic) bond motifs is 1. The number of hydrogen-bond donors (Lipinski definition) is 1. The number of rotatable bonds is 6. The van der Waals surface area contributed by atoms with Gasteiger partial charge in [0.1, 0.15) is 5.52 Å². The highest BCUT2D eigenvalue weighted by molar-refractivity contribution is 5.73. The Morgan fingerprint density at radius 3 is 2.88 bits per heavy atom. The van der Waals surface area contributed by atoms with Crippen LogP contribution in [-0.4, -0.2) is 36.5 Å². The van der Waals surface area contributed by atoms with E-state index >= 15 is 0 Å². The summed E-state index contributed by atoms with van der Waals surface area (Å²) in [6.45, 7) is 1.54. The maximum atomic E-state index is 4.53. The fourth-order valence-corrected chi connectivity index (χ4v) is 2.63. The van der Waals surface area contributed by atoms with Crippen LogP contribution in [0, 0.1) is 0 Å². The van der Waals surface area contributed by atoms with Gasteiger partial charge in [0.15, 0.2) is 0 Å². The zero-order valence-corrected chi connectivity index (χ0v) is 13.6. The molecule has 25 heavy (non-hydrogen) atoms. The van der Waals surface area contributed by atoms with Crippen molar-refractivity contribution in [3.05, 3.63) is 61.1 Å². The summed E-state index contributed by atoms with van der Waals surface area (Å²) in [4.78, 5) is 12.9. The number of anilines is 1. The fourth-order valence-electron chi connectivity index (χ4n) is 2.63. The van der Waals surface area contributed by atoms with Crippen molar-refractivity contribution in [1.29, 1.82) is 0 Å². The van der Waals surface area contributed by atoms with Crippen LogP contribution in [0.1, 0.15) is 6.42 Å². The van der Waals surface area contributed by atoms with Crippen LogP contribution < -0.4 is 5.32 Å². The average Bonchev–Trinajstić information content (AvgIpc) is 3.09. The molecule has 0 fully saturated rings. The predicted octanol–water partition coefficient (Wildman–Crippen LogP) is 2.79. The lowest BCUT2D eigenvalue weighted by Gasteiger charge is -2.07. The summed E-state index contributed by atoms with van der Waals surface area (Å²) < 4.78 is 1.92. The number of nitrogens with zero attached hydrogens (tertiary/aromatic N) is 6. The van der Waals surface area contributed by atoms with Crippen molar-refractivity contribution in [2.24, 2.45) is 0 Å². The van der Waals surface area contributed by atoms with Crippen molar-refractivity contribution in [2.45, 2.75) is 13.0 Å². The van der Waals surface area contributed by atoms with Crippen molar-refractivity contribution in [1.82, 2.24) is 29.9 Å². The molecule has 0 aliphatic rings. The third kappa shape index (κ3) is 3.45. The van der Waals surface area contributed by atoms with E-state index in [4.69, 9.17) is 0 Å². The van der Waals surface area contributed by atoms with Gasteiger partial charge in [0.25, 0.3) is 0 Å². The number of benzene rings is 1. The van der Waals surface area contributed by atoms with Crippen LogP contribution in [0.5, 0.6) is 0 Å². The second kappa shape index (κ2) is 7.04. The van der Waals surface area contributed by atoms with Gasteiger partial charge in [-0.1, -0.05) is 17.3 Å². The predicted molar refractivity (Wildman–Crippen MR) is 95.9 cm³/mol. The average molecular weight is 331 g/mol. The Balaban J connectivity index is 1.36. The normalized spacial score (nSPS) is 10.9. The number of aryl methyl sites for hydroxylation is 1. The first-order chi connectivity index (χ1) is 12.4. The lowest BCUT2D eigenvalue weighted by molar-refractivity contribution is 0.585. The van der Waals surface area contributed by atoms with Gasteiger partial charge in [-0.25, -0.2) is 14.6 Å². The number of hydrogen-bond acceptors (Lipinski definition) is 6. The maximum absolute atomic E-state index is 4.53. The molecule has 3 aromatic heterocycles. The van der Waals surface area contributed by atoms with E-state index in [1.54, 1.807) is 18.6 Å². The second-order valence-electron chi connectivity index (χ2n) is 5.59. The van der Waals surface area contributed by atoms with E-state index in [0.29, 0.717) is 5.95 Å². The van der Waals surface area contributed by atoms with Crippen LogP contribution in [0.2, 0.25) is 0 Å². The Bertz CT molecular complexity index is 965. The molecule has 3 heterocycles. The minimum Gasteiger partial charge on any atom is -0.354 e. The molecule has 0 atom stereocenters. The first-order valence-electron chi connectivity index (χ1n) is 8.16. The molecule has 0 spiro atoms. The third-order valence-corrected chi connectivity index (χ3v) is 3.86. The lowest BCUT2D eigenvalue weighted by Crippen LogP contribution is -2.10. The Labute approximate surface area is 144 Å². The summed E-state index contributed by atoms with van der Waals surface area (Å²) >= 11 is 0. The van der Waals surface area contributed by atoms with E-state index in [1.807, 2.05) is 47.1 Å². The van der Waals surface area contributed by atoms with Crippen LogP contribution in [0.4, 0.5) is 5.95 Å². The molecule has 7 heteroatoms. The van der Waals surface area contributed by atoms with Gasteiger partial charge in [-0.2, -0.15) is 0 Å². The Kier molecular flexibility index (Phi) is 4.28. The van der Waals surface area contributed by atoms with Gasteiger partial charge in [0.05, 0.1) is 11.2 Å². The van der Waals surface area contributed by atoms with Gasteiger partial charge in [0, 0.05) is 37.2 Å². The van der Waals surface area contributed by atoms with Crippen LogP contribution >= 0.6 is 0 Å². The summed E-state index contributed by atoms with van der Waals surface area (Å²) in [5, 5.41) is 11.6. The van der Waals surface area contributed by atoms with Crippen molar-refractivity contribution in [2.75, 3.05) is 11.9 Å². The van der Waals surface area contributed by atoms with E-state index in [1.165, 1.54) is 0 Å². The number of nitrogens with one attached hydrogen (secondary N) is 1. The minimum absolute atomic E-state index is 0.616. The molecule has 7 nitrogen and oxygen atoms in total. The largest absolute Gasteiger partial charge is 0.354 e. The van der Waals surface area contributed by atoms with Gasteiger partial charge in [0.2, 0.25) is 5.95 Å². The third-order valence-electron chi connectivity index (χ3n) is 3.86. The first-order valence-corrected chi connectivity index (χ1v) is 8.16. The van der Waals surface area contributed by atoms with Crippen molar-refractivity contribution in [3.63, 3.8) is 0 Å². The number of aromatic nitrogens is 6. The SMILES string of the molecule is c1cncc(-c2ccnc(NCCCn3nnc4ccccc43)n2)c1. The summed E-state index contributed by atoms with van der Waals surface area (Å²) in [6, 6.07) is 13.7. The molecule has 0 amide bonds. The summed E-state index contributed by atoms with van der Waals surface area (Å²) in [5.41, 5.74) is 3.80. The molecule has 0 saturated heterocycles. The summed E-state index contributed by atoms with van der Waals surface area (Å²) in [6.07, 6.45) is 6.19. The van der Waals surface area contributed by atoms with Crippen molar-refractivity contribution < 1.29 is 0 Å². The van der Waals surface area contributed by atoms with Gasteiger partial charge in [-0.15, -0.1) is 5.10 Å². The van der Waals surface area contributed by atoms with E-state index in [0.717, 1.165) is 41.8 Å². The summed E-state index contributed by atoms with van der Waals surface area (Å²) in [5.74, 6) is 0.616. The van der Waals surface area contributed by atoms with Crippen molar-refractivity contribution >= 4 is 17.0 Å². The monoisotopic (exact) mass is 331 g/mol. The molecule has 124 valence electrons. The number of pyridine rings is 1. The molecule has 4 aromatic rings. The van der Waals surface area contributed by atoms with Gasteiger partial charge in [-0.05, 0) is 36.8 Å². The molecular weight excluding hydrogens is 314 g/mol. The van der Waals surface area contributed by atoms with Crippen molar-refractivity contribution in [3.8, 4) is 11.3 Å². The molecule has 4 rings (SSSR count). The molecule has 1 N–H and O–H groups in total. The minimum atomic E-state index is 0.616. The first kappa shape index (κ1) is 15.2. The van der Waals surface area contributed by atoms with Crippen LogP contribution in [-0.2, 0) is 6.54 Å². The van der Waals surface area contributed by atoms with E-state index in [9.17, 15) is 0 Å². The van der Waals surface area contributed by atoms with Crippen LogP contribution in [0.25, 0.3) is 22.3 Å². The summed E-state index contributed by atoms with van der Waals surface area (Å²) in [7, 11) is 0. The van der Waals surface area contributed by atoms with Crippen LogP contribution in [0.15, 0.2) is 61.1 Å². The molecule has 0 radical (unpaired) electrons. The molecule has 0 unspecified atom stereocenters. The highest BCUT2D eigenvalue weighted by atomic mass is 15.4. The standard InChI is InChI=1S/C18H17N7/c1-2-7-17-16(6-1)23-24-25(17)12-4-10-20-18-21-11-8-15(22-18)14-5-3-9-19-13-14/h1-3,5-9,11,13H,4,10,12H2,(H,20,21,22). The van der Waals surface area contributed by atoms with E-state index in [-0.39, 0.29) is 0 Å². The molecule has 1 aromatic carbocycles. The Morgan fingerprint density at radius 2 is 1.96 bits per heavy atom. The second-order valence-corrected chi connectivity index (χ2v) is 5.59. The van der Waals surface area contributed by atoms with Gasteiger partial charge < -0.3 is 5.32 Å². The fraction of sp³-hybridized carbons (Fsp3) is 0.167. The highest BCUT2D eigenvalue weighted by Gasteiger charge is 2.04. The molecule has 0 bridgehead atoms. The Morgan fingerprint density at radius 1 is 1.00 bits per heavy atom. The number of para-hydroxylation sites is 1. The molecular formula is C18H17N7. The zero-order valence-electron chi connectivity index (χ0n) is 13.6. The quantitative estimate of drug-likeness (QED) is 0.547. The maximum Gasteiger partial charge on any atom is 0.223 e. The Hall–Kier alpha value is -3.35. The van der Waals surface area contributed by atoms with E-state index < -0.39 is 0 Å². The molecule has 0 aliphatic carbocycles. The smallest absolute Gasteiger partial charge is 0.223 e. The lowest BCUT2D eigenvalue weighted by atomic mass is 10.2. The van der Waals surface area contributed by atoms with Crippen LogP contribution in [0.3, 0.4) is 0 Å². The van der Waals surface area contributed by atoms with E-state index in [2.05, 4.69) is 30.6 Å². The molecule has 0 aliphatic heterocycles. The van der Waals surface area contributed by atoms with Gasteiger partial charge >= 0.3 is 0 Å².